The second-order valence-corrected chi connectivity index (χ2v) is 28.4. The molecule has 2 bridgehead atoms. The Kier molecular flexibility index (Phi) is 44.5. The minimum absolute atomic E-state index is 0.00468. The number of methoxy groups -OCH3 is 1. The molecule has 3 aliphatic heterocycles. The van der Waals surface area contributed by atoms with Crippen LogP contribution in [0.1, 0.15) is 87.5 Å². The summed E-state index contributed by atoms with van der Waals surface area (Å²) in [6, 6.07) is 22.7. The number of piperazine rings is 1. The van der Waals surface area contributed by atoms with Gasteiger partial charge < -0.3 is 125 Å². The molecular weight excluding hydrogens is 1630 g/mol. The number of nitro groups is 1. The van der Waals surface area contributed by atoms with E-state index in [1.807, 2.05) is 48.5 Å². The number of carbonyl (C=O) groups excluding carboxylic acids is 10. The smallest absolute Gasteiger partial charge is 0.460 e. The lowest BCUT2D eigenvalue weighted by molar-refractivity contribution is -0.384. The lowest BCUT2D eigenvalue weighted by atomic mass is 9.97. The molecule has 8 atom stereocenters. The molecule has 5 amide bonds. The molecule has 39 heteroatoms. The van der Waals surface area contributed by atoms with Gasteiger partial charge in [0.05, 0.1) is 175 Å². The number of benzene rings is 4. The number of hydrogen-bond acceptors (Lipinski definition) is 33. The van der Waals surface area contributed by atoms with E-state index in [0.717, 1.165) is 55.2 Å². The summed E-state index contributed by atoms with van der Waals surface area (Å²) in [5.41, 5.74) is 4.03. The molecule has 3 N–H and O–H groups in total. The van der Waals surface area contributed by atoms with E-state index >= 15 is 0 Å². The first-order chi connectivity index (χ1) is 60.2. The summed E-state index contributed by atoms with van der Waals surface area (Å²) in [7, 11) is 1.63. The van der Waals surface area contributed by atoms with E-state index in [9.17, 15) is 58.1 Å². The van der Waals surface area contributed by atoms with Gasteiger partial charge in [0.25, 0.3) is 5.69 Å². The molecule has 124 heavy (non-hydrogen) atoms. The van der Waals surface area contributed by atoms with Crippen molar-refractivity contribution in [2.45, 2.75) is 127 Å². The fourth-order valence-electron chi connectivity index (χ4n) is 13.7. The molecule has 4 aliphatic rings. The molecule has 4 aromatic carbocycles. The Labute approximate surface area is 718 Å². The van der Waals surface area contributed by atoms with E-state index in [0.29, 0.717) is 158 Å². The number of fused-ring (bicyclic) bond motifs is 5. The van der Waals surface area contributed by atoms with Crippen LogP contribution in [-0.2, 0) is 142 Å². The van der Waals surface area contributed by atoms with Crippen molar-refractivity contribution in [2.24, 2.45) is 0 Å². The highest BCUT2D eigenvalue weighted by atomic mass is 16.7. The molecule has 4 aromatic rings. The van der Waals surface area contributed by atoms with Crippen LogP contribution in [0.5, 0.6) is 11.5 Å². The van der Waals surface area contributed by atoms with E-state index in [1.165, 1.54) is 36.4 Å². The van der Waals surface area contributed by atoms with Crippen molar-refractivity contribution in [3.8, 4) is 22.6 Å². The molecule has 0 unspecified atom stereocenters. The maximum absolute atomic E-state index is 14.3. The molecule has 0 saturated carbocycles. The number of esters is 4. The van der Waals surface area contributed by atoms with Crippen molar-refractivity contribution in [3.05, 3.63) is 136 Å². The van der Waals surface area contributed by atoms with Crippen LogP contribution in [0.15, 0.2) is 104 Å². The van der Waals surface area contributed by atoms with E-state index < -0.39 is 96.2 Å². The van der Waals surface area contributed by atoms with Crippen molar-refractivity contribution >= 4 is 65.4 Å². The molecule has 3 heterocycles. The minimum Gasteiger partial charge on any atom is -0.460 e. The van der Waals surface area contributed by atoms with Crippen LogP contribution < -0.4 is 25.4 Å². The topological polar surface area (TPSA) is 450 Å². The van der Waals surface area contributed by atoms with Crippen molar-refractivity contribution < 1.29 is 152 Å². The number of ether oxygens (including phenoxy) is 21. The lowest BCUT2D eigenvalue weighted by Crippen LogP contribution is -2.64. The number of nitrogens with zero attached hydrogens (tertiary/aromatic N) is 3. The zero-order chi connectivity index (χ0) is 88.6. The van der Waals surface area contributed by atoms with Gasteiger partial charge in [-0.2, -0.15) is 0 Å². The maximum Gasteiger partial charge on any atom is 0.514 e. The van der Waals surface area contributed by atoms with E-state index in [-0.39, 0.29) is 130 Å². The average Bonchev–Trinajstić information content (AvgIpc) is 1.47. The van der Waals surface area contributed by atoms with Crippen molar-refractivity contribution in [1.29, 1.82) is 0 Å². The maximum atomic E-state index is 14.3. The number of rotatable bonds is 61. The fraction of sp³-hybridized carbons (Fsp3) is 0.576. The number of hydrogen-bond donors (Lipinski definition) is 3. The lowest BCUT2D eigenvalue weighted by Gasteiger charge is -2.43. The molecule has 0 radical (unpaired) electrons. The van der Waals surface area contributed by atoms with Gasteiger partial charge in [0.15, 0.2) is 18.3 Å². The average molecular weight is 1750 g/mol. The monoisotopic (exact) mass is 1750 g/mol. The highest BCUT2D eigenvalue weighted by Gasteiger charge is 2.56. The van der Waals surface area contributed by atoms with E-state index in [4.69, 9.17) is 99.5 Å². The molecule has 0 aromatic heterocycles. The molecule has 39 nitrogen and oxygen atoms in total. The number of alkyl carbamates (subject to hydrolysis) is 1. The van der Waals surface area contributed by atoms with Crippen LogP contribution in [0.4, 0.5) is 15.3 Å². The number of nitro benzene ring substituents is 1. The van der Waals surface area contributed by atoms with Gasteiger partial charge in [-0.3, -0.25) is 43.7 Å². The zero-order valence-electron chi connectivity index (χ0n) is 70.4. The Hall–Kier alpha value is -10.4. The van der Waals surface area contributed by atoms with Crippen LogP contribution >= 0.6 is 0 Å². The third-order valence-corrected chi connectivity index (χ3v) is 19.4. The summed E-state index contributed by atoms with van der Waals surface area (Å²) in [4.78, 5) is 148. The quantitative estimate of drug-likeness (QED) is 0.00976. The number of non-ortho nitro benzene ring substituents is 1. The first-order valence-electron chi connectivity index (χ1n) is 41.1. The molecule has 3 fully saturated rings. The summed E-state index contributed by atoms with van der Waals surface area (Å²) in [5, 5.41) is 19.3. The van der Waals surface area contributed by atoms with Gasteiger partial charge in [-0.15, -0.1) is 0 Å². The highest BCUT2D eigenvalue weighted by molar-refractivity contribution is 5.87. The van der Waals surface area contributed by atoms with Gasteiger partial charge in [0, 0.05) is 90.5 Å². The Balaban J connectivity index is 0.752. The van der Waals surface area contributed by atoms with Gasteiger partial charge in [-0.25, -0.2) is 14.4 Å². The summed E-state index contributed by atoms with van der Waals surface area (Å²) in [6.45, 7) is 15.5. The predicted molar refractivity (Wildman–Crippen MR) is 434 cm³/mol. The van der Waals surface area contributed by atoms with Gasteiger partial charge in [-0.1, -0.05) is 67.3 Å². The second-order valence-electron chi connectivity index (χ2n) is 28.4. The van der Waals surface area contributed by atoms with E-state index in [2.05, 4.69) is 22.5 Å². The third kappa shape index (κ3) is 34.6. The van der Waals surface area contributed by atoms with Gasteiger partial charge in [0.2, 0.25) is 36.0 Å². The molecule has 1 aliphatic carbocycles. The summed E-state index contributed by atoms with van der Waals surface area (Å²) in [6.07, 6.45) is -9.40. The highest BCUT2D eigenvalue weighted by Crippen LogP contribution is 2.45. The molecule has 682 valence electrons. The second kappa shape index (κ2) is 55.8. The van der Waals surface area contributed by atoms with Crippen LogP contribution in [0.2, 0.25) is 0 Å². The van der Waals surface area contributed by atoms with Gasteiger partial charge in [0.1, 0.15) is 37.4 Å². The van der Waals surface area contributed by atoms with Crippen LogP contribution in [0.25, 0.3) is 11.1 Å². The first-order valence-corrected chi connectivity index (χ1v) is 41.1. The van der Waals surface area contributed by atoms with Crippen LogP contribution in [0, 0.1) is 10.1 Å². The largest absolute Gasteiger partial charge is 0.514 e. The summed E-state index contributed by atoms with van der Waals surface area (Å²) in [5.74, 6) is -6.14. The number of amides is 5. The predicted octanol–water partition coefficient (Wildman–Crippen LogP) is 5.17. The number of carbonyl (C=O) groups is 10. The molecular formula is C85H114N6O33. The van der Waals surface area contributed by atoms with Gasteiger partial charge >= 0.3 is 36.1 Å². The van der Waals surface area contributed by atoms with Gasteiger partial charge in [-0.05, 0) is 71.3 Å². The van der Waals surface area contributed by atoms with E-state index in [1.54, 1.807) is 16.9 Å². The SMILES string of the molecule is C=CCOC(=O)[C@H]1O[C@@H](Oc2ccc(COC(=O)Oc3ccc([N+](=O)[O-])cc3)cc2CNC(=O)CCNC(=O)[C@H](CCCC(=O)N2C[C@@H]3C[C@H]2CN3C(=O)CCOCCOCCOCCOCCOCCOCCOCCOCCOCCOCCOCCOC)NC(=O)OCC2c3ccccc3-c3ccccc32)[C@H](OC(C)=O)[C@@H](OC(C)=O)[C@@H]1OC(C)=O. The molecule has 8 rings (SSSR count). The third-order valence-electron chi connectivity index (χ3n) is 19.4. The Morgan fingerprint density at radius 3 is 1.53 bits per heavy atom. The molecule has 0 spiro atoms. The van der Waals surface area contributed by atoms with Crippen LogP contribution in [-0.4, -0.2) is 315 Å². The van der Waals surface area contributed by atoms with Crippen LogP contribution in [0.3, 0.4) is 0 Å². The van der Waals surface area contributed by atoms with Crippen molar-refractivity contribution in [2.75, 3.05) is 192 Å². The fourth-order valence-corrected chi connectivity index (χ4v) is 13.7. The minimum atomic E-state index is -1.88. The first kappa shape index (κ1) is 99.0. The standard InChI is InChI=1S/C85H114N6O33/c1-6-27-116-82(99)79-77(119-58(2)92)78(120-59(3)93)80(121-60(4)94)83(124-79)123-73-23-18-61(56-118-85(101)122-66-21-19-63(20-22-66)91(102)103)51-62(73)53-87-74(95)24-26-86-81(98)72(88-84(100)117-57-71-69-14-9-7-12-67(69)68-13-8-10-15-70(68)71)16-11-17-75(96)89-54-65-52-64(89)55-90(65)76(97)25-28-105-31-32-107-35-36-109-39-40-111-43-44-113-47-48-115-50-49-114-46-45-112-42-41-110-38-37-108-34-33-106-30-29-104-5/h6-10,12-15,18-23,51,64-65,71-72,77-80,83H,1,11,16-17,24-50,52-57H2,2-5H3,(H,86,98)(H,87,95)(H,88,100)/t64-,65-,72-,77-,78-,79-,80+,83+/m0/s1. The summed E-state index contributed by atoms with van der Waals surface area (Å²) >= 11 is 0. The Bertz CT molecular complexity index is 3980. The number of nitrogens with one attached hydrogen (secondary N) is 3. The Morgan fingerprint density at radius 2 is 1.04 bits per heavy atom. The summed E-state index contributed by atoms with van der Waals surface area (Å²) < 4.78 is 116. The van der Waals surface area contributed by atoms with Crippen molar-refractivity contribution in [1.82, 2.24) is 25.8 Å². The molecule has 3 saturated heterocycles. The normalized spacial score (nSPS) is 17.6. The number of likely N-dealkylation sites (tertiary alicyclic amines) is 2. The van der Waals surface area contributed by atoms with Crippen molar-refractivity contribution in [3.63, 3.8) is 0 Å². The Morgan fingerprint density at radius 1 is 0.556 bits per heavy atom. The zero-order valence-corrected chi connectivity index (χ0v) is 70.4.